The van der Waals surface area contributed by atoms with Gasteiger partial charge in [-0.1, -0.05) is 23.7 Å². The number of amides is 1. The Balaban J connectivity index is 2.06. The van der Waals surface area contributed by atoms with Gasteiger partial charge in [-0.25, -0.2) is 4.79 Å². The number of benzene rings is 2. The predicted octanol–water partition coefficient (Wildman–Crippen LogP) is 2.80. The van der Waals surface area contributed by atoms with Crippen molar-refractivity contribution in [1.29, 1.82) is 0 Å². The molecule has 0 saturated heterocycles. The monoisotopic (exact) mass is 304 g/mol. The number of nitrogens with one attached hydrogen (secondary N) is 1. The van der Waals surface area contributed by atoms with E-state index in [1.165, 1.54) is 18.2 Å². The molecule has 0 radical (unpaired) electrons. The van der Waals surface area contributed by atoms with Crippen LogP contribution in [0.3, 0.4) is 0 Å². The van der Waals surface area contributed by atoms with Gasteiger partial charge < -0.3 is 16.2 Å². The summed E-state index contributed by atoms with van der Waals surface area (Å²) in [5.74, 6) is -1.31. The molecule has 0 spiro atoms. The summed E-state index contributed by atoms with van der Waals surface area (Å²) in [6.45, 7) is 0. The van der Waals surface area contributed by atoms with Crippen LogP contribution < -0.4 is 11.1 Å². The molecular formula is C15H13ClN2O3. The van der Waals surface area contributed by atoms with Gasteiger partial charge in [0, 0.05) is 5.02 Å². The van der Waals surface area contributed by atoms with E-state index in [0.29, 0.717) is 10.7 Å². The minimum atomic E-state index is -1.07. The van der Waals surface area contributed by atoms with E-state index >= 15 is 0 Å². The molecule has 0 unspecified atom stereocenters. The number of anilines is 2. The molecule has 5 nitrogen and oxygen atoms in total. The molecule has 1 amide bonds. The highest BCUT2D eigenvalue weighted by Crippen LogP contribution is 2.20. The first-order valence-electron chi connectivity index (χ1n) is 6.13. The van der Waals surface area contributed by atoms with E-state index in [9.17, 15) is 9.59 Å². The first kappa shape index (κ1) is 14.9. The molecule has 6 heteroatoms. The fourth-order valence-electron chi connectivity index (χ4n) is 1.79. The number of carbonyl (C=O) groups is 2. The third kappa shape index (κ3) is 3.97. The Morgan fingerprint density at radius 2 is 1.81 bits per heavy atom. The molecule has 21 heavy (non-hydrogen) atoms. The zero-order valence-electron chi connectivity index (χ0n) is 11.0. The van der Waals surface area contributed by atoms with Gasteiger partial charge in [0.25, 0.3) is 0 Å². The van der Waals surface area contributed by atoms with E-state index in [-0.39, 0.29) is 23.6 Å². The lowest BCUT2D eigenvalue weighted by molar-refractivity contribution is -0.115. The predicted molar refractivity (Wildman–Crippen MR) is 81.6 cm³/mol. The first-order chi connectivity index (χ1) is 9.95. The summed E-state index contributed by atoms with van der Waals surface area (Å²) in [4.78, 5) is 22.7. The Kier molecular flexibility index (Phi) is 4.45. The molecule has 0 saturated carbocycles. The molecule has 0 aliphatic rings. The van der Waals surface area contributed by atoms with Crippen molar-refractivity contribution >= 4 is 34.9 Å². The number of hydrogen-bond donors (Lipinski definition) is 3. The van der Waals surface area contributed by atoms with Crippen LogP contribution in [-0.2, 0) is 11.2 Å². The van der Waals surface area contributed by atoms with E-state index in [1.54, 1.807) is 24.3 Å². The molecule has 0 aliphatic carbocycles. The smallest absolute Gasteiger partial charge is 0.335 e. The molecule has 4 N–H and O–H groups in total. The van der Waals surface area contributed by atoms with Crippen molar-refractivity contribution in [2.45, 2.75) is 6.42 Å². The molecule has 0 aromatic heterocycles. The normalized spacial score (nSPS) is 10.1. The zero-order chi connectivity index (χ0) is 15.4. The molecule has 2 aromatic rings. The van der Waals surface area contributed by atoms with Crippen LogP contribution in [0.2, 0.25) is 5.02 Å². The number of rotatable bonds is 4. The lowest BCUT2D eigenvalue weighted by atomic mass is 10.1. The van der Waals surface area contributed by atoms with Crippen LogP contribution in [0, 0.1) is 0 Å². The summed E-state index contributed by atoms with van der Waals surface area (Å²) < 4.78 is 0. The molecule has 0 atom stereocenters. The number of carboxylic acids is 1. The van der Waals surface area contributed by atoms with Gasteiger partial charge in [0.15, 0.2) is 0 Å². The Morgan fingerprint density at radius 1 is 1.14 bits per heavy atom. The van der Waals surface area contributed by atoms with Crippen molar-refractivity contribution in [2.75, 3.05) is 11.1 Å². The van der Waals surface area contributed by atoms with Crippen molar-refractivity contribution in [3.8, 4) is 0 Å². The Morgan fingerprint density at radius 3 is 2.38 bits per heavy atom. The number of carboxylic acid groups (broad SMARTS) is 1. The van der Waals surface area contributed by atoms with Gasteiger partial charge in [0.1, 0.15) is 0 Å². The number of nitrogens with two attached hydrogens (primary N) is 1. The summed E-state index contributed by atoms with van der Waals surface area (Å²) in [6, 6.07) is 11.1. The standard InChI is InChI=1S/C15H13ClN2O3/c16-11-4-1-9(2-5-11)7-14(19)18-13-6-3-10(15(20)21)8-12(13)17/h1-6,8H,7,17H2,(H,18,19)(H,20,21). The van der Waals surface area contributed by atoms with E-state index in [2.05, 4.69) is 5.32 Å². The third-order valence-corrected chi connectivity index (χ3v) is 3.10. The van der Waals surface area contributed by atoms with E-state index in [0.717, 1.165) is 5.56 Å². The fourth-order valence-corrected chi connectivity index (χ4v) is 1.92. The second kappa shape index (κ2) is 6.28. The molecule has 0 aliphatic heterocycles. The maximum Gasteiger partial charge on any atom is 0.335 e. The topological polar surface area (TPSA) is 92.4 Å². The quantitative estimate of drug-likeness (QED) is 0.757. The Labute approximate surface area is 126 Å². The highest BCUT2D eigenvalue weighted by Gasteiger charge is 2.09. The molecule has 0 fully saturated rings. The van der Waals surface area contributed by atoms with Gasteiger partial charge in [-0.2, -0.15) is 0 Å². The van der Waals surface area contributed by atoms with Crippen molar-refractivity contribution < 1.29 is 14.7 Å². The maximum atomic E-state index is 11.9. The first-order valence-corrected chi connectivity index (χ1v) is 6.50. The third-order valence-electron chi connectivity index (χ3n) is 2.85. The number of carbonyl (C=O) groups excluding carboxylic acids is 1. The highest BCUT2D eigenvalue weighted by atomic mass is 35.5. The fraction of sp³-hybridized carbons (Fsp3) is 0.0667. The molecular weight excluding hydrogens is 292 g/mol. The van der Waals surface area contributed by atoms with Crippen molar-refractivity contribution in [2.24, 2.45) is 0 Å². The van der Waals surface area contributed by atoms with Crippen LogP contribution in [0.5, 0.6) is 0 Å². The lowest BCUT2D eigenvalue weighted by Crippen LogP contribution is -2.15. The van der Waals surface area contributed by atoms with Crippen LogP contribution in [0.1, 0.15) is 15.9 Å². The molecule has 2 aromatic carbocycles. The van der Waals surface area contributed by atoms with Gasteiger partial charge >= 0.3 is 5.97 Å². The van der Waals surface area contributed by atoms with Crippen molar-refractivity contribution in [3.63, 3.8) is 0 Å². The minimum absolute atomic E-state index is 0.0724. The van der Waals surface area contributed by atoms with Gasteiger partial charge in [-0.15, -0.1) is 0 Å². The number of nitrogen functional groups attached to an aromatic ring is 1. The van der Waals surface area contributed by atoms with Crippen molar-refractivity contribution in [1.82, 2.24) is 0 Å². The number of aromatic carboxylic acids is 1. The molecule has 0 bridgehead atoms. The number of halogens is 1. The van der Waals surface area contributed by atoms with Crippen LogP contribution >= 0.6 is 11.6 Å². The van der Waals surface area contributed by atoms with Gasteiger partial charge in [-0.05, 0) is 35.9 Å². The lowest BCUT2D eigenvalue weighted by Gasteiger charge is -2.09. The van der Waals surface area contributed by atoms with Gasteiger partial charge in [0.05, 0.1) is 23.4 Å². The van der Waals surface area contributed by atoms with Gasteiger partial charge in [-0.3, -0.25) is 4.79 Å². The maximum absolute atomic E-state index is 11.9. The van der Waals surface area contributed by atoms with Crippen LogP contribution in [-0.4, -0.2) is 17.0 Å². The summed E-state index contributed by atoms with van der Waals surface area (Å²) in [5.41, 5.74) is 7.21. The minimum Gasteiger partial charge on any atom is -0.478 e. The van der Waals surface area contributed by atoms with Crippen LogP contribution in [0.25, 0.3) is 0 Å². The molecule has 2 rings (SSSR count). The molecule has 0 heterocycles. The van der Waals surface area contributed by atoms with Crippen molar-refractivity contribution in [3.05, 3.63) is 58.6 Å². The second-order valence-corrected chi connectivity index (χ2v) is 4.90. The molecule has 108 valence electrons. The average molecular weight is 305 g/mol. The highest BCUT2D eigenvalue weighted by molar-refractivity contribution is 6.30. The SMILES string of the molecule is Nc1cc(C(=O)O)ccc1NC(=O)Cc1ccc(Cl)cc1. The zero-order valence-corrected chi connectivity index (χ0v) is 11.7. The summed E-state index contributed by atoms with van der Waals surface area (Å²) >= 11 is 5.77. The summed E-state index contributed by atoms with van der Waals surface area (Å²) in [7, 11) is 0. The van der Waals surface area contributed by atoms with E-state index in [4.69, 9.17) is 22.4 Å². The number of hydrogen-bond acceptors (Lipinski definition) is 3. The largest absolute Gasteiger partial charge is 0.478 e. The Bertz CT molecular complexity index is 684. The van der Waals surface area contributed by atoms with Crippen LogP contribution in [0.15, 0.2) is 42.5 Å². The van der Waals surface area contributed by atoms with E-state index in [1.807, 2.05) is 0 Å². The second-order valence-electron chi connectivity index (χ2n) is 4.46. The Hall–Kier alpha value is -2.53. The summed E-state index contributed by atoms with van der Waals surface area (Å²) in [5, 5.41) is 12.1. The average Bonchev–Trinajstić information content (AvgIpc) is 2.43. The van der Waals surface area contributed by atoms with Gasteiger partial charge in [0.2, 0.25) is 5.91 Å². The summed E-state index contributed by atoms with van der Waals surface area (Å²) in [6.07, 6.45) is 0.178. The van der Waals surface area contributed by atoms with E-state index < -0.39 is 5.97 Å². The van der Waals surface area contributed by atoms with Crippen LogP contribution in [0.4, 0.5) is 11.4 Å².